The van der Waals surface area contributed by atoms with Gasteiger partial charge in [-0.05, 0) is 56.6 Å². The number of piperidine rings is 1. The van der Waals surface area contributed by atoms with E-state index in [9.17, 15) is 4.39 Å². The van der Waals surface area contributed by atoms with E-state index in [0.29, 0.717) is 5.56 Å². The van der Waals surface area contributed by atoms with Crippen LogP contribution in [0.4, 0.5) is 9.52 Å². The van der Waals surface area contributed by atoms with Crippen molar-refractivity contribution >= 4 is 16.5 Å². The molecule has 1 aromatic heterocycles. The van der Waals surface area contributed by atoms with Gasteiger partial charge in [0.1, 0.15) is 16.8 Å². The first-order valence-electron chi connectivity index (χ1n) is 10.3. The summed E-state index contributed by atoms with van der Waals surface area (Å²) in [6.45, 7) is 1.77. The summed E-state index contributed by atoms with van der Waals surface area (Å²) in [5, 5.41) is 9.95. The number of anilines is 1. The normalized spacial score (nSPS) is 20.7. The van der Waals surface area contributed by atoms with Gasteiger partial charge in [0.05, 0.1) is 11.3 Å². The Bertz CT molecular complexity index is 1040. The predicted molar refractivity (Wildman–Crippen MR) is 113 cm³/mol. The molecule has 0 unspecified atom stereocenters. The second-order valence-corrected chi connectivity index (χ2v) is 9.46. The smallest absolute Gasteiger partial charge is 0.187 e. The average Bonchev–Trinajstić information content (AvgIpc) is 3.64. The minimum atomic E-state index is -0.515. The maximum absolute atomic E-state index is 14.3. The lowest BCUT2D eigenvalue weighted by molar-refractivity contribution is 0.501. The zero-order valence-electron chi connectivity index (χ0n) is 16.2. The van der Waals surface area contributed by atoms with Crippen LogP contribution in [-0.4, -0.2) is 24.1 Å². The third kappa shape index (κ3) is 3.64. The Labute approximate surface area is 174 Å². The van der Waals surface area contributed by atoms with E-state index in [1.165, 1.54) is 37.8 Å². The van der Waals surface area contributed by atoms with Gasteiger partial charge in [-0.3, -0.25) is 0 Å². The number of halogens is 1. The van der Waals surface area contributed by atoms with E-state index in [2.05, 4.69) is 16.7 Å². The Balaban J connectivity index is 1.52. The predicted octanol–water partition coefficient (Wildman–Crippen LogP) is 4.29. The maximum atomic E-state index is 14.3. The molecule has 0 amide bonds. The molecular formula is C23H23FN4S. The van der Waals surface area contributed by atoms with Gasteiger partial charge in [-0.2, -0.15) is 5.26 Å². The van der Waals surface area contributed by atoms with Gasteiger partial charge in [0.25, 0.3) is 0 Å². The summed E-state index contributed by atoms with van der Waals surface area (Å²) in [7, 11) is 0. The van der Waals surface area contributed by atoms with Crippen molar-refractivity contribution in [2.24, 2.45) is 17.1 Å². The van der Waals surface area contributed by atoms with Crippen LogP contribution in [0, 0.1) is 40.3 Å². The molecule has 2 heterocycles. The third-order valence-corrected chi connectivity index (χ3v) is 7.39. The van der Waals surface area contributed by atoms with E-state index >= 15 is 0 Å². The molecule has 5 rings (SSSR count). The van der Waals surface area contributed by atoms with E-state index in [4.69, 9.17) is 16.0 Å². The number of nitrogens with zero attached hydrogens (tertiary/aromatic N) is 3. The van der Waals surface area contributed by atoms with Crippen LogP contribution in [-0.2, 0) is 0 Å². The second kappa shape index (κ2) is 7.13. The van der Waals surface area contributed by atoms with E-state index in [0.717, 1.165) is 47.6 Å². The van der Waals surface area contributed by atoms with Crippen LogP contribution in [0.3, 0.4) is 0 Å². The van der Waals surface area contributed by atoms with E-state index in [1.807, 2.05) is 6.07 Å². The molecule has 2 aliphatic carbocycles. The van der Waals surface area contributed by atoms with Crippen LogP contribution in [0.5, 0.6) is 0 Å². The molecule has 2 aromatic rings. The Kier molecular flexibility index (Phi) is 4.57. The molecule has 2 saturated carbocycles. The van der Waals surface area contributed by atoms with Gasteiger partial charge < -0.3 is 10.6 Å². The van der Waals surface area contributed by atoms with Crippen molar-refractivity contribution < 1.29 is 4.39 Å². The molecule has 6 heteroatoms. The van der Waals surface area contributed by atoms with Crippen molar-refractivity contribution in [1.82, 2.24) is 4.98 Å². The van der Waals surface area contributed by atoms with Gasteiger partial charge in [-0.1, -0.05) is 29.2 Å². The molecule has 0 spiro atoms. The summed E-state index contributed by atoms with van der Waals surface area (Å²) in [5.74, 6) is 7.22. The molecule has 3 fully saturated rings. The fraction of sp³-hybridized carbons (Fsp3) is 0.478. The lowest BCUT2D eigenvalue weighted by atomic mass is 10.0. The Morgan fingerprint density at radius 2 is 1.97 bits per heavy atom. The van der Waals surface area contributed by atoms with Crippen molar-refractivity contribution in [2.75, 3.05) is 18.0 Å². The van der Waals surface area contributed by atoms with Crippen molar-refractivity contribution in [1.29, 1.82) is 5.26 Å². The summed E-state index contributed by atoms with van der Waals surface area (Å²) >= 11 is 1.59. The van der Waals surface area contributed by atoms with Gasteiger partial charge in [-0.15, -0.1) is 0 Å². The van der Waals surface area contributed by atoms with Crippen LogP contribution in [0.1, 0.15) is 49.0 Å². The highest BCUT2D eigenvalue weighted by Gasteiger charge is 2.52. The maximum Gasteiger partial charge on any atom is 0.187 e. The van der Waals surface area contributed by atoms with E-state index < -0.39 is 5.82 Å². The van der Waals surface area contributed by atoms with Crippen molar-refractivity contribution in [3.05, 3.63) is 34.5 Å². The zero-order valence-corrected chi connectivity index (χ0v) is 17.1. The SMILES string of the molecule is N#Cc1ccc(-c2nc(N3CCC(N)CC3)sc2C#CC2(C3CC3)CC2)cc1F. The number of rotatable bonds is 3. The second-order valence-electron chi connectivity index (χ2n) is 8.49. The number of thiazole rings is 1. The van der Waals surface area contributed by atoms with Crippen molar-refractivity contribution in [3.63, 3.8) is 0 Å². The highest BCUT2D eigenvalue weighted by molar-refractivity contribution is 7.16. The number of nitrogens with two attached hydrogens (primary N) is 1. The van der Waals surface area contributed by atoms with Gasteiger partial charge in [0.15, 0.2) is 5.13 Å². The molecular weight excluding hydrogens is 383 g/mol. The van der Waals surface area contributed by atoms with Gasteiger partial charge in [0.2, 0.25) is 0 Å². The molecule has 0 bridgehead atoms. The average molecular weight is 407 g/mol. The summed E-state index contributed by atoms with van der Waals surface area (Å²) < 4.78 is 14.3. The molecule has 0 radical (unpaired) electrons. The first-order valence-corrected chi connectivity index (χ1v) is 11.1. The summed E-state index contributed by atoms with van der Waals surface area (Å²) in [6.07, 6.45) is 6.88. The molecule has 4 nitrogen and oxygen atoms in total. The molecule has 148 valence electrons. The molecule has 1 saturated heterocycles. The number of benzene rings is 1. The van der Waals surface area contributed by atoms with Gasteiger partial charge >= 0.3 is 0 Å². The molecule has 2 N–H and O–H groups in total. The fourth-order valence-electron chi connectivity index (χ4n) is 4.16. The largest absolute Gasteiger partial charge is 0.348 e. The van der Waals surface area contributed by atoms with Crippen molar-refractivity contribution in [2.45, 2.75) is 44.6 Å². The standard InChI is InChI=1S/C23H23FN4S/c24-19-13-15(1-2-16(19)14-25)21-20(5-8-23(9-10-23)17-3-4-17)29-22(27-21)28-11-6-18(26)7-12-28/h1-2,13,17-18H,3-4,6-7,9-12,26H2. The minimum Gasteiger partial charge on any atom is -0.348 e. The van der Waals surface area contributed by atoms with Crippen molar-refractivity contribution in [3.8, 4) is 29.2 Å². The summed E-state index contributed by atoms with van der Waals surface area (Å²) in [6, 6.07) is 6.83. The Morgan fingerprint density at radius 3 is 2.59 bits per heavy atom. The first-order chi connectivity index (χ1) is 14.1. The fourth-order valence-corrected chi connectivity index (χ4v) is 5.15. The minimum absolute atomic E-state index is 0.0486. The van der Waals surface area contributed by atoms with E-state index in [-0.39, 0.29) is 17.0 Å². The lowest BCUT2D eigenvalue weighted by Crippen LogP contribution is -2.39. The van der Waals surface area contributed by atoms with Gasteiger partial charge in [-0.25, -0.2) is 9.37 Å². The monoisotopic (exact) mass is 406 g/mol. The zero-order chi connectivity index (χ0) is 20.0. The summed E-state index contributed by atoms with van der Waals surface area (Å²) in [5.41, 5.74) is 7.72. The molecule has 0 atom stereocenters. The highest BCUT2D eigenvalue weighted by Crippen LogP contribution is 2.61. The van der Waals surface area contributed by atoms with E-state index in [1.54, 1.807) is 17.4 Å². The van der Waals surface area contributed by atoms with Crippen LogP contribution < -0.4 is 10.6 Å². The number of aromatic nitrogens is 1. The summed E-state index contributed by atoms with van der Waals surface area (Å²) in [4.78, 5) is 8.01. The van der Waals surface area contributed by atoms with Crippen LogP contribution in [0.2, 0.25) is 0 Å². The number of hydrogen-bond acceptors (Lipinski definition) is 5. The molecule has 1 aliphatic heterocycles. The molecule has 29 heavy (non-hydrogen) atoms. The topological polar surface area (TPSA) is 65.9 Å². The Morgan fingerprint density at radius 1 is 1.21 bits per heavy atom. The first kappa shape index (κ1) is 18.6. The number of nitriles is 1. The highest BCUT2D eigenvalue weighted by atomic mass is 32.1. The molecule has 3 aliphatic rings. The Hall–Kier alpha value is -2.41. The quantitative estimate of drug-likeness (QED) is 0.772. The van der Waals surface area contributed by atoms with Gasteiger partial charge in [0, 0.05) is 30.1 Å². The lowest BCUT2D eigenvalue weighted by Gasteiger charge is -2.29. The van der Waals surface area contributed by atoms with Crippen LogP contribution in [0.15, 0.2) is 18.2 Å². The van der Waals surface area contributed by atoms with Crippen LogP contribution in [0.25, 0.3) is 11.3 Å². The third-order valence-electron chi connectivity index (χ3n) is 6.36. The molecule has 1 aromatic carbocycles. The number of hydrogen-bond donors (Lipinski definition) is 1. The van der Waals surface area contributed by atoms with Crippen LogP contribution >= 0.6 is 11.3 Å².